The summed E-state index contributed by atoms with van der Waals surface area (Å²) in [5.41, 5.74) is 4.59. The van der Waals surface area contributed by atoms with E-state index in [0.717, 1.165) is 18.5 Å². The number of halogens is 2. The smallest absolute Gasteiger partial charge is 0.325 e. The highest BCUT2D eigenvalue weighted by atomic mass is 35.5. The zero-order chi connectivity index (χ0) is 18.7. The second kappa shape index (κ2) is 8.30. The number of hydrogen-bond donors (Lipinski definition) is 2. The Labute approximate surface area is 163 Å². The fourth-order valence-corrected chi connectivity index (χ4v) is 3.88. The van der Waals surface area contributed by atoms with E-state index in [1.807, 2.05) is 31.3 Å². The van der Waals surface area contributed by atoms with Crippen LogP contribution in [0.3, 0.4) is 0 Å². The van der Waals surface area contributed by atoms with E-state index in [1.54, 1.807) is 0 Å². The Morgan fingerprint density at radius 2 is 1.92 bits per heavy atom. The Morgan fingerprint density at radius 1 is 1.12 bits per heavy atom. The predicted octanol–water partition coefficient (Wildman–Crippen LogP) is 4.76. The molecule has 1 aliphatic carbocycles. The molecule has 0 saturated carbocycles. The third kappa shape index (κ3) is 3.98. The van der Waals surface area contributed by atoms with E-state index in [1.165, 1.54) is 23.8 Å². The van der Waals surface area contributed by atoms with Gasteiger partial charge < -0.3 is 15.4 Å². The molecule has 3 rings (SSSR count). The van der Waals surface area contributed by atoms with Crippen LogP contribution in [0.4, 0.5) is 5.69 Å². The molecule has 0 amide bonds. The van der Waals surface area contributed by atoms with Gasteiger partial charge in [0.25, 0.3) is 0 Å². The molecule has 1 unspecified atom stereocenters. The second-order valence-corrected chi connectivity index (χ2v) is 7.23. The zero-order valence-corrected chi connectivity index (χ0v) is 16.3. The summed E-state index contributed by atoms with van der Waals surface area (Å²) in [5.74, 6) is -0.0133. The van der Waals surface area contributed by atoms with E-state index >= 15 is 0 Å². The first-order valence-corrected chi connectivity index (χ1v) is 9.35. The molecule has 0 aliphatic heterocycles. The number of rotatable bonds is 5. The first-order chi connectivity index (χ1) is 12.5. The van der Waals surface area contributed by atoms with Crippen LogP contribution in [0.15, 0.2) is 36.4 Å². The molecule has 0 saturated heterocycles. The molecule has 2 atom stereocenters. The quantitative estimate of drug-likeness (QED) is 0.719. The minimum Gasteiger partial charge on any atom is -0.468 e. The van der Waals surface area contributed by atoms with E-state index < -0.39 is 0 Å². The maximum Gasteiger partial charge on any atom is 0.325 e. The molecule has 0 aromatic heterocycles. The average Bonchev–Trinajstić information content (AvgIpc) is 2.67. The molecule has 4 nitrogen and oxygen atoms in total. The maximum absolute atomic E-state index is 11.4. The van der Waals surface area contributed by atoms with Crippen LogP contribution in [0, 0.1) is 0 Å². The molecule has 0 radical (unpaired) electrons. The van der Waals surface area contributed by atoms with Crippen molar-refractivity contribution < 1.29 is 9.53 Å². The van der Waals surface area contributed by atoms with E-state index in [9.17, 15) is 4.79 Å². The lowest BCUT2D eigenvalue weighted by molar-refractivity contribution is -0.138. The van der Waals surface area contributed by atoms with Crippen molar-refractivity contribution in [3.8, 4) is 0 Å². The van der Waals surface area contributed by atoms with Crippen molar-refractivity contribution in [1.29, 1.82) is 0 Å². The van der Waals surface area contributed by atoms with E-state index in [0.29, 0.717) is 10.0 Å². The van der Waals surface area contributed by atoms with Gasteiger partial charge in [-0.05, 0) is 60.8 Å². The summed E-state index contributed by atoms with van der Waals surface area (Å²) < 4.78 is 4.69. The van der Waals surface area contributed by atoms with Gasteiger partial charge in [-0.2, -0.15) is 0 Å². The molecule has 0 heterocycles. The standard InChI is InChI=1S/C20H22Cl2N2O2/c1-23-19-8-6-14(12-3-7-17(21)18(22)9-12)15-5-4-13(10-16(15)19)24-11-20(25)26-2/h3-5,7,9-10,14,19,23-24H,6,8,11H2,1-2H3/t14?,19-/m0/s1. The van der Waals surface area contributed by atoms with Gasteiger partial charge in [-0.25, -0.2) is 0 Å². The Balaban J connectivity index is 1.93. The highest BCUT2D eigenvalue weighted by Crippen LogP contribution is 2.43. The fourth-order valence-electron chi connectivity index (χ4n) is 3.57. The summed E-state index contributed by atoms with van der Waals surface area (Å²) >= 11 is 12.3. The Morgan fingerprint density at radius 3 is 2.62 bits per heavy atom. The number of ether oxygens (including phenoxy) is 1. The number of carbonyl (C=O) groups is 1. The van der Waals surface area contributed by atoms with Crippen LogP contribution < -0.4 is 10.6 Å². The molecule has 2 N–H and O–H groups in total. The SMILES string of the molecule is CN[C@H]1CCC(c2ccc(Cl)c(Cl)c2)c2ccc(NCC(=O)OC)cc21. The van der Waals surface area contributed by atoms with Crippen LogP contribution in [0.2, 0.25) is 10.0 Å². The van der Waals surface area contributed by atoms with Crippen LogP contribution in [0.5, 0.6) is 0 Å². The predicted molar refractivity (Wildman–Crippen MR) is 106 cm³/mol. The normalized spacial score (nSPS) is 18.9. The zero-order valence-electron chi connectivity index (χ0n) is 14.8. The molecular weight excluding hydrogens is 371 g/mol. The van der Waals surface area contributed by atoms with E-state index in [2.05, 4.69) is 27.5 Å². The van der Waals surface area contributed by atoms with Crippen LogP contribution in [0.25, 0.3) is 0 Å². The second-order valence-electron chi connectivity index (χ2n) is 6.42. The number of benzene rings is 2. The number of hydrogen-bond acceptors (Lipinski definition) is 4. The maximum atomic E-state index is 11.4. The minimum absolute atomic E-state index is 0.149. The van der Waals surface area contributed by atoms with Crippen LogP contribution in [-0.4, -0.2) is 26.7 Å². The Kier molecular flexibility index (Phi) is 6.07. The molecule has 0 fully saturated rings. The van der Waals surface area contributed by atoms with Gasteiger partial charge in [0.15, 0.2) is 0 Å². The molecule has 1 aliphatic rings. The molecule has 0 bridgehead atoms. The lowest BCUT2D eigenvalue weighted by Gasteiger charge is -2.32. The summed E-state index contributed by atoms with van der Waals surface area (Å²) in [6.45, 7) is 0.149. The number of carbonyl (C=O) groups excluding carboxylic acids is 1. The van der Waals surface area contributed by atoms with Gasteiger partial charge in [-0.1, -0.05) is 35.3 Å². The number of fused-ring (bicyclic) bond motifs is 1. The molecule has 6 heteroatoms. The minimum atomic E-state index is -0.290. The lowest BCUT2D eigenvalue weighted by atomic mass is 9.76. The van der Waals surface area contributed by atoms with Crippen molar-refractivity contribution in [1.82, 2.24) is 5.32 Å². The summed E-state index contributed by atoms with van der Waals surface area (Å²) in [7, 11) is 3.36. The molecule has 138 valence electrons. The van der Waals surface area contributed by atoms with Crippen molar-refractivity contribution in [3.05, 3.63) is 63.1 Å². The van der Waals surface area contributed by atoms with Gasteiger partial charge in [0.1, 0.15) is 6.54 Å². The monoisotopic (exact) mass is 392 g/mol. The van der Waals surface area contributed by atoms with E-state index in [4.69, 9.17) is 23.2 Å². The third-order valence-electron chi connectivity index (χ3n) is 4.94. The van der Waals surface area contributed by atoms with Gasteiger partial charge in [0, 0.05) is 17.6 Å². The number of anilines is 1. The Hall–Kier alpha value is -1.75. The number of methoxy groups -OCH3 is 1. The van der Waals surface area contributed by atoms with Crippen LogP contribution in [-0.2, 0) is 9.53 Å². The first kappa shape index (κ1) is 19.0. The van der Waals surface area contributed by atoms with Gasteiger partial charge in [0.2, 0.25) is 0 Å². The van der Waals surface area contributed by atoms with Gasteiger partial charge in [-0.3, -0.25) is 4.79 Å². The van der Waals surface area contributed by atoms with Crippen molar-refractivity contribution in [2.45, 2.75) is 24.8 Å². The highest BCUT2D eigenvalue weighted by Gasteiger charge is 2.28. The third-order valence-corrected chi connectivity index (χ3v) is 5.68. The van der Waals surface area contributed by atoms with Gasteiger partial charge in [0.05, 0.1) is 17.2 Å². The fraction of sp³-hybridized carbons (Fsp3) is 0.350. The first-order valence-electron chi connectivity index (χ1n) is 8.60. The topological polar surface area (TPSA) is 50.4 Å². The molecule has 26 heavy (non-hydrogen) atoms. The molecule has 0 spiro atoms. The molecule has 2 aromatic rings. The van der Waals surface area contributed by atoms with Gasteiger partial charge in [-0.15, -0.1) is 0 Å². The lowest BCUT2D eigenvalue weighted by Crippen LogP contribution is -2.24. The van der Waals surface area contributed by atoms with Crippen molar-refractivity contribution >= 4 is 34.9 Å². The number of esters is 1. The van der Waals surface area contributed by atoms with Gasteiger partial charge >= 0.3 is 5.97 Å². The van der Waals surface area contributed by atoms with E-state index in [-0.39, 0.29) is 24.5 Å². The van der Waals surface area contributed by atoms with Crippen molar-refractivity contribution in [3.63, 3.8) is 0 Å². The largest absolute Gasteiger partial charge is 0.468 e. The molecule has 2 aromatic carbocycles. The summed E-state index contributed by atoms with van der Waals surface area (Å²) in [6.07, 6.45) is 2.06. The Bertz CT molecular complexity index is 810. The van der Waals surface area contributed by atoms with Crippen LogP contribution in [0.1, 0.15) is 41.5 Å². The summed E-state index contributed by atoms with van der Waals surface area (Å²) in [5, 5.41) is 7.66. The average molecular weight is 393 g/mol. The summed E-state index contributed by atoms with van der Waals surface area (Å²) in [4.78, 5) is 11.4. The highest BCUT2D eigenvalue weighted by molar-refractivity contribution is 6.42. The summed E-state index contributed by atoms with van der Waals surface area (Å²) in [6, 6.07) is 12.4. The number of nitrogens with one attached hydrogen (secondary N) is 2. The molecular formula is C20H22Cl2N2O2. The van der Waals surface area contributed by atoms with Crippen LogP contribution >= 0.6 is 23.2 Å². The van der Waals surface area contributed by atoms with Crippen molar-refractivity contribution in [2.75, 3.05) is 26.0 Å². The van der Waals surface area contributed by atoms with Crippen molar-refractivity contribution in [2.24, 2.45) is 0 Å².